The molecule has 0 aliphatic carbocycles. The molecule has 10 heteroatoms. The second-order valence-corrected chi connectivity index (χ2v) is 10.1. The van der Waals surface area contributed by atoms with Crippen LogP contribution in [-0.2, 0) is 20.8 Å². The van der Waals surface area contributed by atoms with Gasteiger partial charge in [-0.2, -0.15) is 13.2 Å². The number of carbonyl (C=O) groups is 1. The third-order valence-corrected chi connectivity index (χ3v) is 7.60. The van der Waals surface area contributed by atoms with Crippen molar-refractivity contribution in [2.45, 2.75) is 36.7 Å². The van der Waals surface area contributed by atoms with Crippen LogP contribution >= 0.6 is 11.6 Å². The van der Waals surface area contributed by atoms with Gasteiger partial charge in [0.05, 0.1) is 32.6 Å². The van der Waals surface area contributed by atoms with Crippen molar-refractivity contribution in [1.82, 2.24) is 0 Å². The molecular formula is C24H22ClF3N2O3S. The zero-order valence-corrected chi connectivity index (χ0v) is 20.1. The van der Waals surface area contributed by atoms with Crippen molar-refractivity contribution in [2.75, 3.05) is 17.2 Å². The number of hydrogen-bond donors (Lipinski definition) is 2. The Morgan fingerprint density at radius 3 is 2.21 bits per heavy atom. The lowest BCUT2D eigenvalue weighted by atomic mass is 10.1. The third kappa shape index (κ3) is 5.53. The van der Waals surface area contributed by atoms with Crippen molar-refractivity contribution >= 4 is 38.7 Å². The zero-order chi connectivity index (χ0) is 25.3. The van der Waals surface area contributed by atoms with Crippen LogP contribution in [0.25, 0.3) is 0 Å². The summed E-state index contributed by atoms with van der Waals surface area (Å²) in [5, 5.41) is 5.16. The highest BCUT2D eigenvalue weighted by atomic mass is 35.5. The molecule has 0 saturated heterocycles. The molecule has 0 fully saturated rings. The fraction of sp³-hybridized carbons (Fsp3) is 0.208. The summed E-state index contributed by atoms with van der Waals surface area (Å²) in [4.78, 5) is 12.7. The molecule has 34 heavy (non-hydrogen) atoms. The van der Waals surface area contributed by atoms with E-state index in [1.54, 1.807) is 38.1 Å². The molecule has 0 unspecified atom stereocenters. The highest BCUT2D eigenvalue weighted by Crippen LogP contribution is 2.34. The Bertz CT molecular complexity index is 1340. The fourth-order valence-corrected chi connectivity index (χ4v) is 5.33. The van der Waals surface area contributed by atoms with E-state index < -0.39 is 27.5 Å². The van der Waals surface area contributed by atoms with E-state index in [2.05, 4.69) is 10.6 Å². The number of halogens is 4. The molecule has 0 aliphatic rings. The summed E-state index contributed by atoms with van der Waals surface area (Å²) in [6, 6.07) is 12.4. The van der Waals surface area contributed by atoms with Gasteiger partial charge in [0.2, 0.25) is 15.7 Å². The number of amides is 1. The van der Waals surface area contributed by atoms with Crippen LogP contribution in [0.5, 0.6) is 0 Å². The highest BCUT2D eigenvalue weighted by molar-refractivity contribution is 7.91. The minimum absolute atomic E-state index is 0.0423. The van der Waals surface area contributed by atoms with E-state index in [1.165, 1.54) is 12.1 Å². The van der Waals surface area contributed by atoms with E-state index in [-0.39, 0.29) is 27.0 Å². The highest BCUT2D eigenvalue weighted by Gasteiger charge is 2.31. The molecule has 0 bridgehead atoms. The molecule has 1 amide bonds. The van der Waals surface area contributed by atoms with Crippen LogP contribution < -0.4 is 10.6 Å². The van der Waals surface area contributed by atoms with Crippen LogP contribution in [0.4, 0.5) is 24.5 Å². The molecule has 5 nitrogen and oxygen atoms in total. The summed E-state index contributed by atoms with van der Waals surface area (Å²) in [5.41, 5.74) is 1.18. The van der Waals surface area contributed by atoms with E-state index in [4.69, 9.17) is 11.6 Å². The predicted molar refractivity (Wildman–Crippen MR) is 126 cm³/mol. The van der Waals surface area contributed by atoms with Gasteiger partial charge in [-0.05, 0) is 68.3 Å². The quantitative estimate of drug-likeness (QED) is 0.416. The lowest BCUT2D eigenvalue weighted by Crippen LogP contribution is -2.23. The summed E-state index contributed by atoms with van der Waals surface area (Å²) in [6.45, 7) is 4.84. The van der Waals surface area contributed by atoms with Gasteiger partial charge in [-0.1, -0.05) is 35.4 Å². The number of hydrogen-bond acceptors (Lipinski definition) is 4. The molecule has 0 aromatic heterocycles. The number of nitrogens with one attached hydrogen (secondary N) is 2. The summed E-state index contributed by atoms with van der Waals surface area (Å²) < 4.78 is 65.3. The number of rotatable bonds is 6. The predicted octanol–water partition coefficient (Wildman–Crippen LogP) is 6.17. The Kier molecular flexibility index (Phi) is 7.28. The normalized spacial score (nSPS) is 11.9. The molecule has 0 atom stereocenters. The average Bonchev–Trinajstić information content (AvgIpc) is 2.74. The Morgan fingerprint density at radius 2 is 1.59 bits per heavy atom. The molecule has 180 valence electrons. The molecule has 0 spiro atoms. The van der Waals surface area contributed by atoms with Crippen molar-refractivity contribution in [3.63, 3.8) is 0 Å². The van der Waals surface area contributed by atoms with Gasteiger partial charge in [-0.3, -0.25) is 4.79 Å². The maximum absolute atomic E-state index is 13.3. The first kappa shape index (κ1) is 25.6. The summed E-state index contributed by atoms with van der Waals surface area (Å²) in [6.07, 6.45) is -4.58. The van der Waals surface area contributed by atoms with Crippen LogP contribution in [0.2, 0.25) is 5.02 Å². The van der Waals surface area contributed by atoms with E-state index in [9.17, 15) is 26.4 Å². The molecule has 0 saturated carbocycles. The number of carbonyl (C=O) groups excluding carboxylic acids is 1. The summed E-state index contributed by atoms with van der Waals surface area (Å²) in [5.74, 6) is -0.649. The van der Waals surface area contributed by atoms with E-state index in [0.717, 1.165) is 23.8 Å². The van der Waals surface area contributed by atoms with Gasteiger partial charge in [0.1, 0.15) is 0 Å². The van der Waals surface area contributed by atoms with Crippen molar-refractivity contribution in [2.24, 2.45) is 0 Å². The number of benzene rings is 3. The number of alkyl halides is 3. The molecule has 3 rings (SSSR count). The molecule has 0 radical (unpaired) electrons. The van der Waals surface area contributed by atoms with Gasteiger partial charge in [-0.25, -0.2) is 8.42 Å². The van der Waals surface area contributed by atoms with Crippen molar-refractivity contribution < 1.29 is 26.4 Å². The van der Waals surface area contributed by atoms with Crippen molar-refractivity contribution in [1.29, 1.82) is 0 Å². The van der Waals surface area contributed by atoms with Gasteiger partial charge >= 0.3 is 6.18 Å². The first-order chi connectivity index (χ1) is 15.8. The van der Waals surface area contributed by atoms with Crippen LogP contribution in [0.3, 0.4) is 0 Å². The summed E-state index contributed by atoms with van der Waals surface area (Å²) in [7, 11) is -3.82. The lowest BCUT2D eigenvalue weighted by molar-refractivity contribution is -0.137. The van der Waals surface area contributed by atoms with Crippen LogP contribution in [0.1, 0.15) is 22.3 Å². The minimum Gasteiger partial charge on any atom is -0.376 e. The van der Waals surface area contributed by atoms with Gasteiger partial charge in [0.25, 0.3) is 0 Å². The molecule has 0 heterocycles. The van der Waals surface area contributed by atoms with E-state index in [0.29, 0.717) is 16.8 Å². The fourth-order valence-electron chi connectivity index (χ4n) is 3.43. The molecular weight excluding hydrogens is 489 g/mol. The monoisotopic (exact) mass is 510 g/mol. The maximum atomic E-state index is 13.3. The van der Waals surface area contributed by atoms with E-state index >= 15 is 0 Å². The second-order valence-electron chi connectivity index (χ2n) is 7.79. The van der Waals surface area contributed by atoms with Crippen LogP contribution in [0.15, 0.2) is 64.4 Å². The molecule has 3 aromatic rings. The van der Waals surface area contributed by atoms with Crippen LogP contribution in [-0.4, -0.2) is 20.9 Å². The van der Waals surface area contributed by atoms with Gasteiger partial charge < -0.3 is 10.6 Å². The second kappa shape index (κ2) is 9.68. The van der Waals surface area contributed by atoms with Gasteiger partial charge in [0, 0.05) is 5.69 Å². The Morgan fingerprint density at radius 1 is 0.941 bits per heavy atom. The third-order valence-electron chi connectivity index (χ3n) is 5.21. The topological polar surface area (TPSA) is 75.3 Å². The smallest absolute Gasteiger partial charge is 0.376 e. The first-order valence-electron chi connectivity index (χ1n) is 10.1. The van der Waals surface area contributed by atoms with E-state index in [1.807, 2.05) is 6.92 Å². The maximum Gasteiger partial charge on any atom is 0.416 e. The Balaban J connectivity index is 1.81. The number of sulfone groups is 1. The Hall–Kier alpha value is -3.04. The standard InChI is InChI=1S/C24H22ClF3N2O3S/c1-14-4-8-18(9-5-14)34(32,33)23-15(2)6-11-20(16(23)3)29-13-22(31)30-21-12-17(24(26,27)28)7-10-19(21)25/h4-12,29H,13H2,1-3H3,(H,30,31). The van der Waals surface area contributed by atoms with Gasteiger partial charge in [-0.15, -0.1) is 0 Å². The summed E-state index contributed by atoms with van der Waals surface area (Å²) >= 11 is 5.92. The van der Waals surface area contributed by atoms with Crippen molar-refractivity contribution in [3.05, 3.63) is 81.9 Å². The SMILES string of the molecule is Cc1ccc(S(=O)(=O)c2c(C)ccc(NCC(=O)Nc3cc(C(F)(F)F)ccc3Cl)c2C)cc1. The number of anilines is 2. The van der Waals surface area contributed by atoms with Crippen LogP contribution in [0, 0.1) is 20.8 Å². The number of aryl methyl sites for hydroxylation is 2. The Labute approximate surface area is 200 Å². The minimum atomic E-state index is -4.58. The van der Waals surface area contributed by atoms with Crippen molar-refractivity contribution in [3.8, 4) is 0 Å². The first-order valence-corrected chi connectivity index (χ1v) is 12.0. The molecule has 3 aromatic carbocycles. The molecule has 2 N–H and O–H groups in total. The lowest BCUT2D eigenvalue weighted by Gasteiger charge is -2.17. The largest absolute Gasteiger partial charge is 0.416 e. The zero-order valence-electron chi connectivity index (χ0n) is 18.5. The van der Waals surface area contributed by atoms with Gasteiger partial charge in [0.15, 0.2) is 0 Å². The average molecular weight is 511 g/mol. The molecule has 0 aliphatic heterocycles.